The fourth-order valence-corrected chi connectivity index (χ4v) is 7.10. The average molecular weight is 478 g/mol. The Kier molecular flexibility index (Phi) is 4.72. The Morgan fingerprint density at radius 2 is 1.47 bits per heavy atom. The van der Waals surface area contributed by atoms with Gasteiger partial charge in [-0.05, 0) is 13.8 Å². The van der Waals surface area contributed by atoms with Gasteiger partial charge in [-0.3, -0.25) is 4.79 Å². The predicted octanol–water partition coefficient (Wildman–Crippen LogP) is -0.143. The van der Waals surface area contributed by atoms with E-state index in [0.717, 1.165) is 13.8 Å². The first-order valence-corrected chi connectivity index (χ1v) is 10.8. The lowest BCUT2D eigenvalue weighted by Crippen LogP contribution is -2.72. The van der Waals surface area contributed by atoms with Crippen molar-refractivity contribution < 1.29 is 53.5 Å². The lowest BCUT2D eigenvalue weighted by atomic mass is 9.96. The Morgan fingerprint density at radius 3 is 1.90 bits per heavy atom. The molecule has 0 aromatic heterocycles. The van der Waals surface area contributed by atoms with Crippen molar-refractivity contribution in [2.75, 3.05) is 0 Å². The third-order valence-corrected chi connectivity index (χ3v) is 9.31. The Morgan fingerprint density at radius 1 is 1.03 bits per heavy atom. The van der Waals surface area contributed by atoms with Gasteiger partial charge in [0, 0.05) is 0 Å². The van der Waals surface area contributed by atoms with E-state index in [-0.39, 0.29) is 0 Å². The number of rotatable bonds is 4. The number of β-lactam (4-membered cyclic amide) rings is 1. The van der Waals surface area contributed by atoms with Crippen molar-refractivity contribution in [3.8, 4) is 0 Å². The van der Waals surface area contributed by atoms with Gasteiger partial charge >= 0.3 is 5.97 Å². The molecule has 0 aliphatic carbocycles. The SMILES string of the molecule is CC1(C)[C@H](C(=O)O)N2C(=O)[C@@H](NS(=O)(=O)c3c(F)c(F)c(F)c(F)c3F)[C@H]2S1(=O)=O. The molecule has 0 unspecified atom stereocenters. The number of halogens is 5. The van der Waals surface area contributed by atoms with Crippen molar-refractivity contribution in [3.05, 3.63) is 29.1 Å². The van der Waals surface area contributed by atoms with Gasteiger partial charge in [-0.15, -0.1) is 0 Å². The van der Waals surface area contributed by atoms with Crippen LogP contribution in [0.1, 0.15) is 13.8 Å². The van der Waals surface area contributed by atoms with Crippen molar-refractivity contribution in [1.29, 1.82) is 0 Å². The average Bonchev–Trinajstić information content (AvgIpc) is 2.76. The summed E-state index contributed by atoms with van der Waals surface area (Å²) >= 11 is 0. The van der Waals surface area contributed by atoms with Crippen LogP contribution in [0.15, 0.2) is 4.90 Å². The van der Waals surface area contributed by atoms with E-state index in [1.165, 1.54) is 4.72 Å². The highest BCUT2D eigenvalue weighted by atomic mass is 32.2. The highest BCUT2D eigenvalue weighted by molar-refractivity contribution is 7.94. The van der Waals surface area contributed by atoms with Crippen molar-refractivity contribution >= 4 is 31.7 Å². The number of benzene rings is 1. The first-order chi connectivity index (χ1) is 13.5. The molecule has 9 nitrogen and oxygen atoms in total. The number of amides is 1. The van der Waals surface area contributed by atoms with Crippen LogP contribution in [0.5, 0.6) is 0 Å². The number of hydrogen-bond acceptors (Lipinski definition) is 6. The van der Waals surface area contributed by atoms with Gasteiger partial charge in [0.25, 0.3) is 0 Å². The van der Waals surface area contributed by atoms with E-state index in [1.54, 1.807) is 0 Å². The van der Waals surface area contributed by atoms with Gasteiger partial charge in [0.2, 0.25) is 21.7 Å². The predicted molar refractivity (Wildman–Crippen MR) is 85.4 cm³/mol. The summed E-state index contributed by atoms with van der Waals surface area (Å²) in [6.07, 6.45) is 0. The number of sulfonamides is 1. The van der Waals surface area contributed by atoms with Crippen LogP contribution < -0.4 is 4.72 Å². The zero-order chi connectivity index (χ0) is 23.1. The number of carboxylic acid groups (broad SMARTS) is 1. The molecule has 0 spiro atoms. The normalized spacial score (nSPS) is 27.0. The molecule has 0 radical (unpaired) electrons. The third kappa shape index (κ3) is 2.59. The van der Waals surface area contributed by atoms with E-state index in [4.69, 9.17) is 0 Å². The molecule has 2 saturated heterocycles. The van der Waals surface area contributed by atoms with E-state index in [1.807, 2.05) is 0 Å². The van der Waals surface area contributed by atoms with Crippen LogP contribution in [-0.4, -0.2) is 60.9 Å². The summed E-state index contributed by atoms with van der Waals surface area (Å²) in [5.74, 6) is -16.3. The lowest BCUT2D eigenvalue weighted by molar-refractivity contribution is -0.159. The highest BCUT2D eigenvalue weighted by Gasteiger charge is 2.72. The fraction of sp³-hybridized carbons (Fsp3) is 0.429. The molecule has 2 N–H and O–H groups in total. The van der Waals surface area contributed by atoms with Crippen molar-refractivity contribution in [1.82, 2.24) is 9.62 Å². The largest absolute Gasteiger partial charge is 0.480 e. The molecule has 30 heavy (non-hydrogen) atoms. The standard InChI is InChI=1S/C14H11F5N2O7S2/c1-14(2)10(13(23)24)21-11(22)8(12(21)29(14,25)26)20-30(27,28)9-6(18)4(16)3(15)5(17)7(9)19/h8,10,12,20H,1-2H3,(H,23,24)/t8-,10+,12-/m1/s1. The number of aliphatic carboxylic acids is 1. The van der Waals surface area contributed by atoms with E-state index >= 15 is 0 Å². The molecule has 3 atom stereocenters. The Labute approximate surface area is 165 Å². The van der Waals surface area contributed by atoms with Crippen molar-refractivity contribution in [2.24, 2.45) is 0 Å². The molecule has 2 fully saturated rings. The summed E-state index contributed by atoms with van der Waals surface area (Å²) < 4.78 is 117. The zero-order valence-corrected chi connectivity index (χ0v) is 16.4. The summed E-state index contributed by atoms with van der Waals surface area (Å²) in [4.78, 5) is 21.8. The molecule has 1 aromatic carbocycles. The summed E-state index contributed by atoms with van der Waals surface area (Å²) in [5, 5.41) is 7.20. The molecule has 2 aliphatic rings. The molecule has 1 aromatic rings. The summed E-state index contributed by atoms with van der Waals surface area (Å²) in [6.45, 7) is 1.95. The molecule has 2 aliphatic heterocycles. The van der Waals surface area contributed by atoms with Gasteiger partial charge in [-0.25, -0.2) is 43.6 Å². The Balaban J connectivity index is 2.08. The van der Waals surface area contributed by atoms with Crippen LogP contribution in [0, 0.1) is 29.1 Å². The number of carboxylic acids is 1. The van der Waals surface area contributed by atoms with Crippen LogP contribution >= 0.6 is 0 Å². The van der Waals surface area contributed by atoms with Crippen molar-refractivity contribution in [2.45, 2.75) is 40.9 Å². The van der Waals surface area contributed by atoms with Gasteiger partial charge in [-0.1, -0.05) is 0 Å². The number of nitrogens with zero attached hydrogens (tertiary/aromatic N) is 1. The molecule has 3 rings (SSSR count). The van der Waals surface area contributed by atoms with Gasteiger partial charge in [0.15, 0.2) is 43.4 Å². The Hall–Kier alpha value is -2.33. The summed E-state index contributed by atoms with van der Waals surface area (Å²) in [6, 6.07) is -4.13. The molecule has 166 valence electrons. The van der Waals surface area contributed by atoms with E-state index in [0.29, 0.717) is 4.90 Å². The van der Waals surface area contributed by atoms with E-state index < -0.39 is 87.9 Å². The minimum atomic E-state index is -5.65. The molecule has 0 saturated carbocycles. The second-order valence-corrected chi connectivity index (χ2v) is 11.3. The number of carbonyl (C=O) groups excluding carboxylic acids is 1. The maximum absolute atomic E-state index is 13.8. The molecule has 2 heterocycles. The molecule has 0 bridgehead atoms. The van der Waals surface area contributed by atoms with Gasteiger partial charge in [0.1, 0.15) is 16.8 Å². The molecule has 16 heteroatoms. The van der Waals surface area contributed by atoms with E-state index in [9.17, 15) is 53.5 Å². The number of fused-ring (bicyclic) bond motifs is 1. The molecular weight excluding hydrogens is 467 g/mol. The molecule has 1 amide bonds. The number of hydrogen-bond donors (Lipinski definition) is 2. The minimum absolute atomic E-state index is 0.364. The van der Waals surface area contributed by atoms with Crippen LogP contribution in [0.2, 0.25) is 0 Å². The second kappa shape index (κ2) is 6.34. The fourth-order valence-electron chi connectivity index (χ4n) is 3.46. The first kappa shape index (κ1) is 22.4. The number of nitrogens with one attached hydrogen (secondary N) is 1. The highest BCUT2D eigenvalue weighted by Crippen LogP contribution is 2.46. The van der Waals surface area contributed by atoms with E-state index in [2.05, 4.69) is 0 Å². The zero-order valence-electron chi connectivity index (χ0n) is 14.8. The maximum Gasteiger partial charge on any atom is 0.328 e. The third-order valence-electron chi connectivity index (χ3n) is 5.02. The van der Waals surface area contributed by atoms with Gasteiger partial charge in [0.05, 0.1) is 0 Å². The second-order valence-electron chi connectivity index (χ2n) is 7.02. The van der Waals surface area contributed by atoms with Crippen LogP contribution in [-0.2, 0) is 29.4 Å². The quantitative estimate of drug-likeness (QED) is 0.266. The summed E-state index contributed by atoms with van der Waals surface area (Å²) in [5.41, 5.74) is 0. The van der Waals surface area contributed by atoms with Crippen LogP contribution in [0.3, 0.4) is 0 Å². The summed E-state index contributed by atoms with van der Waals surface area (Å²) in [7, 11) is -10.2. The number of sulfone groups is 1. The van der Waals surface area contributed by atoms with Crippen LogP contribution in [0.4, 0.5) is 22.0 Å². The smallest absolute Gasteiger partial charge is 0.328 e. The minimum Gasteiger partial charge on any atom is -0.480 e. The molecular formula is C14H11F5N2O7S2. The Bertz CT molecular complexity index is 1190. The topological polar surface area (TPSA) is 138 Å². The maximum atomic E-state index is 13.8. The van der Waals surface area contributed by atoms with Gasteiger partial charge in [-0.2, -0.15) is 4.72 Å². The van der Waals surface area contributed by atoms with Crippen molar-refractivity contribution in [3.63, 3.8) is 0 Å². The lowest BCUT2D eigenvalue weighted by Gasteiger charge is -2.42. The monoisotopic (exact) mass is 478 g/mol. The van der Waals surface area contributed by atoms with Crippen LogP contribution in [0.25, 0.3) is 0 Å². The first-order valence-electron chi connectivity index (χ1n) is 7.82. The number of carbonyl (C=O) groups is 2. The van der Waals surface area contributed by atoms with Gasteiger partial charge < -0.3 is 10.0 Å².